The molecule has 0 aromatic heterocycles. The molecule has 1 aromatic rings. The molecule has 1 aliphatic rings. The SMILES string of the molecule is CCCCCCCCCCCCCCOP(=O)(O)OCCNC(=O)[C@@H](CCC(N)=O)NC(=O)[C@H](CS)N(C(=O)c1ccccc1)C1O[C@H](CO)[C@@H](O)[C@H](O[C@H](C)C(=O)O)[C@H]1N. The van der Waals surface area contributed by atoms with Gasteiger partial charge in [0, 0.05) is 24.3 Å². The van der Waals surface area contributed by atoms with Gasteiger partial charge in [0.2, 0.25) is 17.7 Å². The van der Waals surface area contributed by atoms with Gasteiger partial charge in [0.05, 0.1) is 25.9 Å². The normalized spacial score (nSPS) is 21.4. The van der Waals surface area contributed by atoms with Gasteiger partial charge in [-0.05, 0) is 31.9 Å². The van der Waals surface area contributed by atoms with Crippen molar-refractivity contribution in [2.45, 2.75) is 153 Å². The van der Waals surface area contributed by atoms with E-state index in [1.54, 1.807) is 18.2 Å². The highest BCUT2D eigenvalue weighted by Gasteiger charge is 2.51. The monoisotopic (exact) mass is 905 g/mol. The molecule has 348 valence electrons. The van der Waals surface area contributed by atoms with Gasteiger partial charge in [-0.3, -0.25) is 33.1 Å². The van der Waals surface area contributed by atoms with E-state index >= 15 is 0 Å². The van der Waals surface area contributed by atoms with Crippen molar-refractivity contribution >= 4 is 50.0 Å². The van der Waals surface area contributed by atoms with Crippen molar-refractivity contribution < 1.29 is 67.3 Å². The highest BCUT2D eigenvalue weighted by Crippen LogP contribution is 2.43. The quantitative estimate of drug-likeness (QED) is 0.0285. The zero-order valence-corrected chi connectivity index (χ0v) is 37.1. The fourth-order valence-electron chi connectivity index (χ4n) is 6.72. The van der Waals surface area contributed by atoms with Gasteiger partial charge in [-0.15, -0.1) is 0 Å². The van der Waals surface area contributed by atoms with Gasteiger partial charge >= 0.3 is 13.8 Å². The largest absolute Gasteiger partial charge is 0.479 e. The lowest BCUT2D eigenvalue weighted by Crippen LogP contribution is -2.71. The van der Waals surface area contributed by atoms with Crippen molar-refractivity contribution in [3.63, 3.8) is 0 Å². The Morgan fingerprint density at radius 2 is 1.51 bits per heavy atom. The van der Waals surface area contributed by atoms with Crippen molar-refractivity contribution in [3.05, 3.63) is 35.9 Å². The molecule has 1 saturated heterocycles. The van der Waals surface area contributed by atoms with Crippen molar-refractivity contribution in [1.29, 1.82) is 0 Å². The van der Waals surface area contributed by atoms with Crippen LogP contribution in [0.4, 0.5) is 0 Å². The molecule has 1 aliphatic heterocycles. The number of carbonyl (C=O) groups excluding carboxylic acids is 4. The van der Waals surface area contributed by atoms with E-state index in [4.69, 9.17) is 30.0 Å². The fraction of sp³-hybridized carbons (Fsp3) is 0.725. The number of hydrogen-bond donors (Lipinski definition) is 9. The van der Waals surface area contributed by atoms with Crippen LogP contribution in [0.5, 0.6) is 0 Å². The average molecular weight is 906 g/mol. The minimum absolute atomic E-state index is 0.0159. The number of carboxylic acid groups (broad SMARTS) is 1. The predicted octanol–water partition coefficient (Wildman–Crippen LogP) is 2.39. The van der Waals surface area contributed by atoms with Crippen LogP contribution in [0.25, 0.3) is 0 Å². The molecule has 21 heteroatoms. The van der Waals surface area contributed by atoms with E-state index in [0.29, 0.717) is 6.42 Å². The third-order valence-electron chi connectivity index (χ3n) is 10.2. The van der Waals surface area contributed by atoms with Crippen LogP contribution < -0.4 is 22.1 Å². The first kappa shape index (κ1) is 54.0. The van der Waals surface area contributed by atoms with Crippen molar-refractivity contribution in [2.75, 3.05) is 32.1 Å². The molecule has 0 saturated carbocycles. The highest BCUT2D eigenvalue weighted by atomic mass is 32.1. The molecule has 61 heavy (non-hydrogen) atoms. The molecule has 10 N–H and O–H groups in total. The maximum absolute atomic E-state index is 14.2. The zero-order chi connectivity index (χ0) is 45.4. The van der Waals surface area contributed by atoms with Crippen LogP contribution in [0.3, 0.4) is 0 Å². The number of primary amides is 1. The van der Waals surface area contributed by atoms with Gasteiger partial charge in [-0.1, -0.05) is 95.8 Å². The molecular formula is C40H68N5O14PS. The number of aliphatic hydroxyl groups is 2. The summed E-state index contributed by atoms with van der Waals surface area (Å²) >= 11 is 4.33. The van der Waals surface area contributed by atoms with Gasteiger partial charge in [-0.2, -0.15) is 12.6 Å². The maximum atomic E-state index is 14.2. The van der Waals surface area contributed by atoms with Crippen LogP contribution in [0.15, 0.2) is 30.3 Å². The van der Waals surface area contributed by atoms with E-state index in [1.807, 2.05) is 0 Å². The Morgan fingerprint density at radius 3 is 2.05 bits per heavy atom. The summed E-state index contributed by atoms with van der Waals surface area (Å²) in [6, 6.07) is 3.13. The summed E-state index contributed by atoms with van der Waals surface area (Å²) in [5.41, 5.74) is 11.9. The Balaban J connectivity index is 2.08. The molecule has 0 radical (unpaired) electrons. The predicted molar refractivity (Wildman–Crippen MR) is 228 cm³/mol. The van der Waals surface area contributed by atoms with Crippen LogP contribution in [-0.2, 0) is 42.3 Å². The van der Waals surface area contributed by atoms with E-state index in [1.165, 1.54) is 64.0 Å². The number of amides is 4. The van der Waals surface area contributed by atoms with Crippen molar-refractivity contribution in [2.24, 2.45) is 11.5 Å². The molecule has 1 heterocycles. The standard InChI is InChI=1S/C40H68N5O14PS/c1-3-4-5-6-7-8-9-10-11-12-13-17-23-56-60(54,55)57-24-22-43-36(49)29(20-21-32(41)47)44-37(50)30(26-61)45(38(51)28-18-15-14-16-19-28)39-33(42)35(58-27(2)40(52)53)34(48)31(25-46)59-39/h14-16,18-19,27,29-31,33-35,39,46,48,61H,3-13,17,20-26,42H2,1-2H3,(H2,41,47)(H,43,49)(H,44,50)(H,52,53)(H,54,55)/t27-,29-,30+,31-,33-,34-,35-,39?/m1/s1. The summed E-state index contributed by atoms with van der Waals surface area (Å²) in [5, 5.41) is 35.4. The molecule has 4 amide bonds. The maximum Gasteiger partial charge on any atom is 0.472 e. The minimum Gasteiger partial charge on any atom is -0.479 e. The second-order valence-corrected chi connectivity index (χ2v) is 16.9. The summed E-state index contributed by atoms with van der Waals surface area (Å²) in [5.74, 6) is -5.19. The smallest absolute Gasteiger partial charge is 0.472 e. The van der Waals surface area contributed by atoms with Gasteiger partial charge in [0.15, 0.2) is 12.3 Å². The fourth-order valence-corrected chi connectivity index (χ4v) is 7.82. The first-order valence-corrected chi connectivity index (χ1v) is 23.3. The number of aliphatic carboxylic acids is 1. The first-order valence-electron chi connectivity index (χ1n) is 21.1. The summed E-state index contributed by atoms with van der Waals surface area (Å²) < 4.78 is 33.9. The van der Waals surface area contributed by atoms with E-state index in [0.717, 1.165) is 30.6 Å². The zero-order valence-electron chi connectivity index (χ0n) is 35.3. The topological polar surface area (TPSA) is 300 Å². The lowest BCUT2D eigenvalue weighted by molar-refractivity contribution is -0.240. The lowest BCUT2D eigenvalue weighted by Gasteiger charge is -2.48. The molecule has 1 aromatic carbocycles. The lowest BCUT2D eigenvalue weighted by atomic mass is 9.94. The van der Waals surface area contributed by atoms with Crippen molar-refractivity contribution in [3.8, 4) is 0 Å². The number of unbranched alkanes of at least 4 members (excludes halogenated alkanes) is 11. The van der Waals surface area contributed by atoms with Gasteiger partial charge in [0.25, 0.3) is 5.91 Å². The second-order valence-electron chi connectivity index (χ2n) is 15.1. The number of nitrogens with one attached hydrogen (secondary N) is 2. The number of benzene rings is 1. The summed E-state index contributed by atoms with van der Waals surface area (Å²) in [7, 11) is -4.44. The number of thiol groups is 1. The number of carboxylic acids is 1. The molecular weight excluding hydrogens is 838 g/mol. The average Bonchev–Trinajstić information content (AvgIpc) is 3.23. The third kappa shape index (κ3) is 19.4. The highest BCUT2D eigenvalue weighted by molar-refractivity contribution is 7.80. The number of nitrogens with two attached hydrogens (primary N) is 2. The molecule has 2 rings (SSSR count). The van der Waals surface area contributed by atoms with Gasteiger partial charge < -0.3 is 51.8 Å². The van der Waals surface area contributed by atoms with Crippen LogP contribution in [0.2, 0.25) is 0 Å². The van der Waals surface area contributed by atoms with Crippen LogP contribution in [0.1, 0.15) is 114 Å². The van der Waals surface area contributed by atoms with E-state index in [-0.39, 0.29) is 31.6 Å². The Bertz CT molecular complexity index is 1530. The van der Waals surface area contributed by atoms with E-state index < -0.39 is 105 Å². The van der Waals surface area contributed by atoms with E-state index in [2.05, 4.69) is 30.2 Å². The molecule has 0 aliphatic carbocycles. The Kier molecular flexibility index (Phi) is 25.9. The molecule has 9 atom stereocenters. The van der Waals surface area contributed by atoms with Crippen molar-refractivity contribution in [1.82, 2.24) is 15.5 Å². The third-order valence-corrected chi connectivity index (χ3v) is 11.6. The number of hydrogen-bond acceptors (Lipinski definition) is 14. The van der Waals surface area contributed by atoms with Gasteiger partial charge in [-0.25, -0.2) is 9.36 Å². The molecule has 0 spiro atoms. The number of ether oxygens (including phenoxy) is 2. The molecule has 2 unspecified atom stereocenters. The molecule has 0 bridgehead atoms. The van der Waals surface area contributed by atoms with Gasteiger partial charge in [0.1, 0.15) is 30.4 Å². The number of phosphoric ester groups is 1. The summed E-state index contributed by atoms with van der Waals surface area (Å²) in [6.07, 6.45) is 5.15. The number of phosphoric acid groups is 1. The van der Waals surface area contributed by atoms with Crippen LogP contribution in [0, 0.1) is 0 Å². The minimum atomic E-state index is -4.44. The number of carbonyl (C=O) groups is 5. The number of rotatable bonds is 32. The van der Waals surface area contributed by atoms with Crippen LogP contribution >= 0.6 is 20.5 Å². The first-order chi connectivity index (χ1) is 29.1. The summed E-state index contributed by atoms with van der Waals surface area (Å²) in [6.45, 7) is 1.86. The Morgan fingerprint density at radius 1 is 0.934 bits per heavy atom. The molecule has 19 nitrogen and oxygen atoms in total. The second kappa shape index (κ2) is 29.2. The molecule has 1 fully saturated rings. The number of nitrogens with zero attached hydrogens (tertiary/aromatic N) is 1. The summed E-state index contributed by atoms with van der Waals surface area (Å²) in [4.78, 5) is 76.1. The Labute approximate surface area is 364 Å². The Hall–Kier alpha value is -3.17. The van der Waals surface area contributed by atoms with Crippen LogP contribution in [-0.4, -0.2) is 136 Å². The number of aliphatic hydroxyl groups excluding tert-OH is 2. The van der Waals surface area contributed by atoms with E-state index in [9.17, 15) is 48.8 Å².